The van der Waals surface area contributed by atoms with Gasteiger partial charge in [-0.15, -0.1) is 0 Å². The average Bonchev–Trinajstić information content (AvgIpc) is 2.96. The van der Waals surface area contributed by atoms with Crippen molar-refractivity contribution in [3.63, 3.8) is 0 Å². The lowest BCUT2D eigenvalue weighted by Crippen LogP contribution is -2.36. The summed E-state index contributed by atoms with van der Waals surface area (Å²) in [5, 5.41) is 10.4. The number of rotatable bonds is 3. The van der Waals surface area contributed by atoms with Crippen LogP contribution in [-0.4, -0.2) is 29.1 Å². The summed E-state index contributed by atoms with van der Waals surface area (Å²) in [4.78, 5) is 14.0. The lowest BCUT2D eigenvalue weighted by atomic mass is 9.81. The van der Waals surface area contributed by atoms with Crippen molar-refractivity contribution in [2.75, 3.05) is 13.1 Å². The number of halogens is 1. The molecule has 0 radical (unpaired) electrons. The van der Waals surface area contributed by atoms with E-state index in [2.05, 4.69) is 11.8 Å². The first-order chi connectivity index (χ1) is 9.53. The molecule has 1 saturated heterocycles. The predicted octanol–water partition coefficient (Wildman–Crippen LogP) is 3.59. The molecule has 3 nitrogen and oxygen atoms in total. The smallest absolute Gasteiger partial charge is 0.311 e. The maximum atomic E-state index is 11.7. The van der Waals surface area contributed by atoms with Crippen LogP contribution in [0.1, 0.15) is 37.8 Å². The first kappa shape index (κ1) is 13.9. The number of carboxylic acids is 1. The molecule has 1 aromatic rings. The molecular weight excluding hydrogens is 274 g/mol. The maximum absolute atomic E-state index is 11.7. The van der Waals surface area contributed by atoms with Crippen LogP contribution in [0.5, 0.6) is 0 Å². The van der Waals surface area contributed by atoms with E-state index in [1.807, 2.05) is 24.3 Å². The highest BCUT2D eigenvalue weighted by atomic mass is 35.5. The number of benzene rings is 1. The van der Waals surface area contributed by atoms with Crippen LogP contribution in [0.3, 0.4) is 0 Å². The molecule has 3 atom stereocenters. The normalized spacial score (nSPS) is 31.2. The third-order valence-corrected chi connectivity index (χ3v) is 5.48. The molecule has 0 bridgehead atoms. The van der Waals surface area contributed by atoms with Crippen LogP contribution in [0.2, 0.25) is 5.02 Å². The predicted molar refractivity (Wildman–Crippen MR) is 78.8 cm³/mol. The molecule has 1 heterocycles. The summed E-state index contributed by atoms with van der Waals surface area (Å²) in [5.41, 5.74) is 0.704. The molecular formula is C16H20ClNO2. The number of nitrogens with zero attached hydrogens (tertiary/aromatic N) is 1. The van der Waals surface area contributed by atoms with E-state index in [4.69, 9.17) is 11.6 Å². The van der Waals surface area contributed by atoms with Gasteiger partial charge in [0.05, 0.1) is 5.41 Å². The van der Waals surface area contributed by atoms with E-state index in [-0.39, 0.29) is 6.04 Å². The van der Waals surface area contributed by atoms with E-state index in [0.717, 1.165) is 30.8 Å². The molecule has 0 aromatic heterocycles. The van der Waals surface area contributed by atoms with E-state index in [1.54, 1.807) is 0 Å². The third-order valence-electron chi connectivity index (χ3n) is 5.22. The summed E-state index contributed by atoms with van der Waals surface area (Å²) in [7, 11) is 0. The van der Waals surface area contributed by atoms with Gasteiger partial charge in [-0.2, -0.15) is 0 Å². The quantitative estimate of drug-likeness (QED) is 0.926. The summed E-state index contributed by atoms with van der Waals surface area (Å²) < 4.78 is 0. The van der Waals surface area contributed by atoms with Crippen LogP contribution in [-0.2, 0) is 4.79 Å². The van der Waals surface area contributed by atoms with Crippen molar-refractivity contribution >= 4 is 17.6 Å². The second-order valence-corrected chi connectivity index (χ2v) is 6.64. The van der Waals surface area contributed by atoms with Gasteiger partial charge in [0.15, 0.2) is 0 Å². The zero-order valence-electron chi connectivity index (χ0n) is 11.7. The van der Waals surface area contributed by atoms with E-state index in [1.165, 1.54) is 5.56 Å². The SMILES string of the molecule is CC(c1ccc(Cl)cc1)N1C[C@@H]2CCC[C@@]2(C(=O)O)C1. The molecule has 108 valence electrons. The molecule has 1 N–H and O–H groups in total. The first-order valence-electron chi connectivity index (χ1n) is 7.26. The van der Waals surface area contributed by atoms with Gasteiger partial charge in [-0.05, 0) is 43.4 Å². The van der Waals surface area contributed by atoms with Crippen LogP contribution in [0, 0.1) is 11.3 Å². The van der Waals surface area contributed by atoms with E-state index in [9.17, 15) is 9.90 Å². The van der Waals surface area contributed by atoms with Gasteiger partial charge in [0.1, 0.15) is 0 Å². The number of fused-ring (bicyclic) bond motifs is 1. The van der Waals surface area contributed by atoms with Crippen LogP contribution in [0.4, 0.5) is 0 Å². The highest BCUT2D eigenvalue weighted by Crippen LogP contribution is 2.50. The Balaban J connectivity index is 1.80. The standard InChI is InChI=1S/C16H20ClNO2/c1-11(12-4-6-14(17)7-5-12)18-9-13-3-2-8-16(13,10-18)15(19)20/h4-7,11,13H,2-3,8-10H2,1H3,(H,19,20)/t11?,13-,16+/m0/s1. The van der Waals surface area contributed by atoms with Gasteiger partial charge in [-0.3, -0.25) is 9.69 Å². The Labute approximate surface area is 124 Å². The number of carboxylic acid groups (broad SMARTS) is 1. The van der Waals surface area contributed by atoms with E-state index >= 15 is 0 Å². The van der Waals surface area contributed by atoms with Gasteiger partial charge < -0.3 is 5.11 Å². The molecule has 0 spiro atoms. The number of aliphatic carboxylic acids is 1. The number of likely N-dealkylation sites (tertiary alicyclic amines) is 1. The van der Waals surface area contributed by atoms with Crippen molar-refractivity contribution in [3.05, 3.63) is 34.9 Å². The average molecular weight is 294 g/mol. The Hall–Kier alpha value is -1.06. The molecule has 1 aliphatic carbocycles. The second-order valence-electron chi connectivity index (χ2n) is 6.21. The highest BCUT2D eigenvalue weighted by molar-refractivity contribution is 6.30. The van der Waals surface area contributed by atoms with Crippen molar-refractivity contribution in [2.24, 2.45) is 11.3 Å². The topological polar surface area (TPSA) is 40.5 Å². The Morgan fingerprint density at radius 1 is 1.45 bits per heavy atom. The van der Waals surface area contributed by atoms with Crippen molar-refractivity contribution in [2.45, 2.75) is 32.2 Å². The van der Waals surface area contributed by atoms with Gasteiger partial charge in [0, 0.05) is 24.2 Å². The minimum atomic E-state index is -0.606. The summed E-state index contributed by atoms with van der Waals surface area (Å²) in [6.45, 7) is 3.73. The van der Waals surface area contributed by atoms with Crippen molar-refractivity contribution in [1.29, 1.82) is 0 Å². The van der Waals surface area contributed by atoms with Crippen LogP contribution < -0.4 is 0 Å². The lowest BCUT2D eigenvalue weighted by molar-refractivity contribution is -0.149. The third kappa shape index (κ3) is 2.13. The Morgan fingerprint density at radius 2 is 2.15 bits per heavy atom. The Kier molecular flexibility index (Phi) is 3.51. The van der Waals surface area contributed by atoms with Crippen LogP contribution in [0.15, 0.2) is 24.3 Å². The fourth-order valence-electron chi connectivity index (χ4n) is 3.92. The minimum absolute atomic E-state index is 0.245. The van der Waals surface area contributed by atoms with Gasteiger partial charge in [-0.25, -0.2) is 0 Å². The summed E-state index contributed by atoms with van der Waals surface area (Å²) >= 11 is 5.93. The molecule has 2 fully saturated rings. The van der Waals surface area contributed by atoms with Crippen molar-refractivity contribution < 1.29 is 9.90 Å². The number of hydrogen-bond acceptors (Lipinski definition) is 2. The van der Waals surface area contributed by atoms with Crippen LogP contribution in [0.25, 0.3) is 0 Å². The van der Waals surface area contributed by atoms with Gasteiger partial charge in [-0.1, -0.05) is 30.2 Å². The molecule has 0 amide bonds. The monoisotopic (exact) mass is 293 g/mol. The fourth-order valence-corrected chi connectivity index (χ4v) is 4.05. The van der Waals surface area contributed by atoms with Crippen LogP contribution >= 0.6 is 11.6 Å². The van der Waals surface area contributed by atoms with E-state index < -0.39 is 11.4 Å². The minimum Gasteiger partial charge on any atom is -0.481 e. The zero-order chi connectivity index (χ0) is 14.3. The molecule has 2 aliphatic rings. The molecule has 1 saturated carbocycles. The van der Waals surface area contributed by atoms with Gasteiger partial charge in [0.25, 0.3) is 0 Å². The molecule has 1 aromatic carbocycles. The van der Waals surface area contributed by atoms with Crippen molar-refractivity contribution in [3.8, 4) is 0 Å². The van der Waals surface area contributed by atoms with Crippen molar-refractivity contribution in [1.82, 2.24) is 4.90 Å². The lowest BCUT2D eigenvalue weighted by Gasteiger charge is -2.27. The maximum Gasteiger partial charge on any atom is 0.311 e. The molecule has 1 aliphatic heterocycles. The zero-order valence-corrected chi connectivity index (χ0v) is 12.4. The van der Waals surface area contributed by atoms with Gasteiger partial charge >= 0.3 is 5.97 Å². The molecule has 3 rings (SSSR count). The first-order valence-corrected chi connectivity index (χ1v) is 7.64. The number of hydrogen-bond donors (Lipinski definition) is 1. The Morgan fingerprint density at radius 3 is 2.75 bits per heavy atom. The molecule has 4 heteroatoms. The summed E-state index contributed by atoms with van der Waals surface area (Å²) in [6, 6.07) is 8.12. The Bertz CT molecular complexity index is 516. The highest BCUT2D eigenvalue weighted by Gasteiger charge is 2.55. The fraction of sp³-hybridized carbons (Fsp3) is 0.562. The summed E-state index contributed by atoms with van der Waals surface area (Å²) in [5.74, 6) is -0.291. The van der Waals surface area contributed by atoms with Gasteiger partial charge in [0.2, 0.25) is 0 Å². The van der Waals surface area contributed by atoms with E-state index in [0.29, 0.717) is 12.5 Å². The molecule has 1 unspecified atom stereocenters. The largest absolute Gasteiger partial charge is 0.481 e. The molecule has 20 heavy (non-hydrogen) atoms. The number of carbonyl (C=O) groups is 1. The summed E-state index contributed by atoms with van der Waals surface area (Å²) in [6.07, 6.45) is 2.94. The second kappa shape index (κ2) is 5.05.